The Hall–Kier alpha value is -2.73. The highest BCUT2D eigenvalue weighted by Crippen LogP contribution is 2.43. The van der Waals surface area contributed by atoms with Gasteiger partial charge in [0.15, 0.2) is 0 Å². The summed E-state index contributed by atoms with van der Waals surface area (Å²) in [5.41, 5.74) is 0.775. The van der Waals surface area contributed by atoms with Crippen molar-refractivity contribution in [2.75, 3.05) is 24.5 Å². The number of aromatic nitrogens is 2. The lowest BCUT2D eigenvalue weighted by Gasteiger charge is -2.57. The standard InChI is InChI=1S/C22H20ClFN4O/c23-15-6-7-18(24)17(12-15)21(29)27-10-3-8-22(13-27)9-11-28(22)20-16-4-1-2-5-19(16)25-14-26-20/h1-2,4-7,12,14H,3,8-11,13H2/t22-/m1/s1. The number of carbonyl (C=O) groups excluding carboxylic acids is 1. The molecule has 1 atom stereocenters. The number of amides is 1. The number of likely N-dealkylation sites (tertiary alicyclic amines) is 1. The maximum atomic E-state index is 14.2. The number of hydrogen-bond donors (Lipinski definition) is 0. The number of para-hydroxylation sites is 1. The maximum absolute atomic E-state index is 14.2. The SMILES string of the molecule is O=C(c1cc(Cl)ccc1F)N1CCC[C@@]2(CCN2c2ncnc3ccccc23)C1. The van der Waals surface area contributed by atoms with Crippen LogP contribution in [0.15, 0.2) is 48.8 Å². The van der Waals surface area contributed by atoms with Gasteiger partial charge in [-0.05, 0) is 49.6 Å². The quantitative estimate of drug-likeness (QED) is 0.631. The van der Waals surface area contributed by atoms with Crippen LogP contribution in [0.1, 0.15) is 29.6 Å². The maximum Gasteiger partial charge on any atom is 0.256 e. The van der Waals surface area contributed by atoms with Gasteiger partial charge in [0.25, 0.3) is 5.91 Å². The van der Waals surface area contributed by atoms with Crippen molar-refractivity contribution in [3.05, 3.63) is 65.2 Å². The summed E-state index contributed by atoms with van der Waals surface area (Å²) in [4.78, 5) is 26.0. The molecule has 0 saturated carbocycles. The van der Waals surface area contributed by atoms with E-state index in [1.54, 1.807) is 11.2 Å². The first kappa shape index (κ1) is 18.3. The van der Waals surface area contributed by atoms with E-state index in [1.165, 1.54) is 18.2 Å². The Morgan fingerprint density at radius 3 is 2.79 bits per heavy atom. The van der Waals surface area contributed by atoms with E-state index < -0.39 is 5.82 Å². The molecule has 3 heterocycles. The molecule has 7 heteroatoms. The van der Waals surface area contributed by atoms with E-state index in [0.717, 1.165) is 42.5 Å². The number of carbonyl (C=O) groups is 1. The Kier molecular flexibility index (Phi) is 4.39. The molecular formula is C22H20ClFN4O. The van der Waals surface area contributed by atoms with Crippen molar-refractivity contribution in [1.82, 2.24) is 14.9 Å². The van der Waals surface area contributed by atoms with Gasteiger partial charge in [-0.1, -0.05) is 23.7 Å². The number of fused-ring (bicyclic) bond motifs is 1. The second kappa shape index (κ2) is 6.95. The third-order valence-corrected chi connectivity index (χ3v) is 6.39. The zero-order valence-corrected chi connectivity index (χ0v) is 16.6. The molecule has 2 aromatic carbocycles. The van der Waals surface area contributed by atoms with Gasteiger partial charge in [0, 0.05) is 30.0 Å². The highest BCUT2D eigenvalue weighted by atomic mass is 35.5. The molecule has 1 aromatic heterocycles. The van der Waals surface area contributed by atoms with Gasteiger partial charge in [-0.2, -0.15) is 0 Å². The molecule has 148 valence electrons. The number of nitrogens with zero attached hydrogens (tertiary/aromatic N) is 4. The van der Waals surface area contributed by atoms with E-state index in [1.807, 2.05) is 24.3 Å². The van der Waals surface area contributed by atoms with Crippen molar-refractivity contribution in [2.24, 2.45) is 0 Å². The number of rotatable bonds is 2. The predicted octanol–water partition coefficient (Wildman–Crippen LogP) is 4.31. The first-order valence-electron chi connectivity index (χ1n) is 9.79. The van der Waals surface area contributed by atoms with Crippen LogP contribution in [0.2, 0.25) is 5.02 Å². The second-order valence-electron chi connectivity index (χ2n) is 7.79. The highest BCUT2D eigenvalue weighted by molar-refractivity contribution is 6.31. The van der Waals surface area contributed by atoms with Gasteiger partial charge < -0.3 is 9.80 Å². The lowest BCUT2D eigenvalue weighted by molar-refractivity contribution is 0.0558. The Labute approximate surface area is 173 Å². The molecule has 2 fully saturated rings. The summed E-state index contributed by atoms with van der Waals surface area (Å²) in [6.07, 6.45) is 4.42. The first-order valence-corrected chi connectivity index (χ1v) is 10.2. The summed E-state index contributed by atoms with van der Waals surface area (Å²) in [6, 6.07) is 12.1. The van der Waals surface area contributed by atoms with Gasteiger partial charge in [0.1, 0.15) is 18.0 Å². The van der Waals surface area contributed by atoms with E-state index in [2.05, 4.69) is 14.9 Å². The molecule has 29 heavy (non-hydrogen) atoms. The molecule has 2 aliphatic rings. The number of hydrogen-bond acceptors (Lipinski definition) is 4. The number of benzene rings is 2. The molecular weight excluding hydrogens is 391 g/mol. The van der Waals surface area contributed by atoms with Crippen LogP contribution in [-0.4, -0.2) is 45.9 Å². The number of halogens is 2. The zero-order valence-electron chi connectivity index (χ0n) is 15.8. The molecule has 5 nitrogen and oxygen atoms in total. The summed E-state index contributed by atoms with van der Waals surface area (Å²) >= 11 is 5.99. The first-order chi connectivity index (χ1) is 14.1. The minimum atomic E-state index is -0.536. The molecule has 0 radical (unpaired) electrons. The van der Waals surface area contributed by atoms with E-state index in [4.69, 9.17) is 11.6 Å². The molecule has 1 amide bonds. The largest absolute Gasteiger partial charge is 0.348 e. The van der Waals surface area contributed by atoms with Gasteiger partial charge >= 0.3 is 0 Å². The summed E-state index contributed by atoms with van der Waals surface area (Å²) in [7, 11) is 0. The van der Waals surface area contributed by atoms with Crippen LogP contribution in [0.25, 0.3) is 10.9 Å². The molecule has 0 bridgehead atoms. The van der Waals surface area contributed by atoms with Gasteiger partial charge in [-0.3, -0.25) is 4.79 Å². The minimum absolute atomic E-state index is 0.0351. The molecule has 0 unspecified atom stereocenters. The van der Waals surface area contributed by atoms with E-state index >= 15 is 0 Å². The topological polar surface area (TPSA) is 49.3 Å². The highest BCUT2D eigenvalue weighted by Gasteiger charge is 2.49. The fraction of sp³-hybridized carbons (Fsp3) is 0.318. The Bertz CT molecular complexity index is 1100. The van der Waals surface area contributed by atoms with Crippen LogP contribution in [-0.2, 0) is 0 Å². The average Bonchev–Trinajstić information content (AvgIpc) is 2.74. The smallest absolute Gasteiger partial charge is 0.256 e. The van der Waals surface area contributed by atoms with E-state index in [-0.39, 0.29) is 17.0 Å². The van der Waals surface area contributed by atoms with Crippen molar-refractivity contribution in [1.29, 1.82) is 0 Å². The second-order valence-corrected chi connectivity index (χ2v) is 8.23. The van der Waals surface area contributed by atoms with Crippen molar-refractivity contribution in [3.8, 4) is 0 Å². The van der Waals surface area contributed by atoms with Crippen LogP contribution in [0.5, 0.6) is 0 Å². The van der Waals surface area contributed by atoms with Crippen molar-refractivity contribution in [2.45, 2.75) is 24.8 Å². The zero-order chi connectivity index (χ0) is 20.0. The summed E-state index contributed by atoms with van der Waals surface area (Å²) in [6.45, 7) is 2.05. The molecule has 2 saturated heterocycles. The lowest BCUT2D eigenvalue weighted by atomic mass is 9.77. The van der Waals surface area contributed by atoms with Crippen molar-refractivity contribution < 1.29 is 9.18 Å². The van der Waals surface area contributed by atoms with E-state index in [0.29, 0.717) is 18.1 Å². The van der Waals surface area contributed by atoms with Crippen molar-refractivity contribution >= 4 is 34.2 Å². The molecule has 5 rings (SSSR count). The molecule has 0 N–H and O–H groups in total. The summed E-state index contributed by atoms with van der Waals surface area (Å²) < 4.78 is 14.2. The predicted molar refractivity (Wildman–Crippen MR) is 111 cm³/mol. The minimum Gasteiger partial charge on any atom is -0.348 e. The molecule has 2 aliphatic heterocycles. The van der Waals surface area contributed by atoms with Gasteiger partial charge in [0.2, 0.25) is 0 Å². The number of anilines is 1. The third kappa shape index (κ3) is 3.02. The van der Waals surface area contributed by atoms with Gasteiger partial charge in [-0.15, -0.1) is 0 Å². The fourth-order valence-electron chi connectivity index (χ4n) is 4.62. The number of piperidine rings is 1. The van der Waals surface area contributed by atoms with Crippen molar-refractivity contribution in [3.63, 3.8) is 0 Å². The normalized spacial score (nSPS) is 21.4. The van der Waals surface area contributed by atoms with E-state index in [9.17, 15) is 9.18 Å². The lowest BCUT2D eigenvalue weighted by Crippen LogP contribution is -2.68. The van der Waals surface area contributed by atoms with Gasteiger partial charge in [-0.25, -0.2) is 14.4 Å². The molecule has 1 spiro atoms. The van der Waals surface area contributed by atoms with Crippen LogP contribution >= 0.6 is 11.6 Å². The summed E-state index contributed by atoms with van der Waals surface area (Å²) in [5, 5.41) is 1.37. The van der Waals surface area contributed by atoms with Crippen LogP contribution in [0.3, 0.4) is 0 Å². The third-order valence-electron chi connectivity index (χ3n) is 6.15. The Balaban J connectivity index is 1.45. The Morgan fingerprint density at radius 1 is 1.10 bits per heavy atom. The van der Waals surface area contributed by atoms with Crippen LogP contribution in [0.4, 0.5) is 10.2 Å². The molecule has 0 aliphatic carbocycles. The summed E-state index contributed by atoms with van der Waals surface area (Å²) in [5.74, 6) is 0.0693. The molecule has 3 aromatic rings. The van der Waals surface area contributed by atoms with Crippen LogP contribution < -0.4 is 4.90 Å². The monoisotopic (exact) mass is 410 g/mol. The Morgan fingerprint density at radius 2 is 1.97 bits per heavy atom. The van der Waals surface area contributed by atoms with Gasteiger partial charge in [0.05, 0.1) is 16.6 Å². The van der Waals surface area contributed by atoms with Crippen LogP contribution in [0, 0.1) is 5.82 Å². The average molecular weight is 411 g/mol. The fourth-order valence-corrected chi connectivity index (χ4v) is 4.79.